The van der Waals surface area contributed by atoms with E-state index in [1.165, 1.54) is 6.07 Å². The minimum Gasteiger partial charge on any atom is -0.489 e. The van der Waals surface area contributed by atoms with Gasteiger partial charge in [0.2, 0.25) is 0 Å². The number of nitrogens with one attached hydrogen (secondary N) is 2. The van der Waals surface area contributed by atoms with Gasteiger partial charge in [0.05, 0.1) is 10.6 Å². The van der Waals surface area contributed by atoms with Gasteiger partial charge in [-0.25, -0.2) is 4.79 Å². The summed E-state index contributed by atoms with van der Waals surface area (Å²) in [5.41, 5.74) is 3.47. The number of amides is 2. The van der Waals surface area contributed by atoms with Crippen LogP contribution in [0.15, 0.2) is 60.7 Å². The molecule has 0 radical (unpaired) electrons. The molecular formula is C27H29ClN2O4. The largest absolute Gasteiger partial charge is 0.489 e. The number of hydrogen-bond acceptors (Lipinski definition) is 4. The molecule has 7 heteroatoms. The Labute approximate surface area is 205 Å². The molecule has 2 N–H and O–H groups in total. The molecule has 0 aromatic heterocycles. The summed E-state index contributed by atoms with van der Waals surface area (Å²) in [6.07, 6.45) is -0.612. The SMILES string of the molecule is Cc1cc(OCc2ccccc2)cc(C)c1NC(=O)c1cc(NC(=O)OC(C)(C)C)ccc1Cl. The lowest BCUT2D eigenvalue weighted by molar-refractivity contribution is 0.0635. The van der Waals surface area contributed by atoms with Crippen molar-refractivity contribution in [2.24, 2.45) is 0 Å². The van der Waals surface area contributed by atoms with E-state index in [0.717, 1.165) is 22.4 Å². The maximum absolute atomic E-state index is 13.0. The molecule has 0 fully saturated rings. The number of rotatable bonds is 6. The molecule has 0 unspecified atom stereocenters. The third-order valence-corrected chi connectivity index (χ3v) is 5.18. The van der Waals surface area contributed by atoms with Gasteiger partial charge in [-0.2, -0.15) is 0 Å². The summed E-state index contributed by atoms with van der Waals surface area (Å²) in [4.78, 5) is 25.1. The molecule has 34 heavy (non-hydrogen) atoms. The van der Waals surface area contributed by atoms with Crippen LogP contribution in [0.5, 0.6) is 5.75 Å². The van der Waals surface area contributed by atoms with Crippen molar-refractivity contribution in [2.45, 2.75) is 46.8 Å². The fraction of sp³-hybridized carbons (Fsp3) is 0.259. The third-order valence-electron chi connectivity index (χ3n) is 4.85. The molecule has 0 aliphatic rings. The van der Waals surface area contributed by atoms with Crippen molar-refractivity contribution in [3.63, 3.8) is 0 Å². The Balaban J connectivity index is 1.73. The van der Waals surface area contributed by atoms with Gasteiger partial charge in [-0.15, -0.1) is 0 Å². The summed E-state index contributed by atoms with van der Waals surface area (Å²) in [5.74, 6) is 0.334. The topological polar surface area (TPSA) is 76.7 Å². The van der Waals surface area contributed by atoms with E-state index in [2.05, 4.69) is 10.6 Å². The third kappa shape index (κ3) is 6.99. The van der Waals surface area contributed by atoms with Crippen LogP contribution in [-0.4, -0.2) is 17.6 Å². The molecule has 3 aromatic rings. The number of hydrogen-bond donors (Lipinski definition) is 2. The minimum absolute atomic E-state index is 0.235. The first-order valence-electron chi connectivity index (χ1n) is 10.9. The summed E-state index contributed by atoms with van der Waals surface area (Å²) in [6.45, 7) is 9.58. The maximum atomic E-state index is 13.0. The molecular weight excluding hydrogens is 452 g/mol. The van der Waals surface area contributed by atoms with Crippen molar-refractivity contribution in [2.75, 3.05) is 10.6 Å². The van der Waals surface area contributed by atoms with Crippen molar-refractivity contribution >= 4 is 35.0 Å². The van der Waals surface area contributed by atoms with Crippen LogP contribution < -0.4 is 15.4 Å². The van der Waals surface area contributed by atoms with Gasteiger partial charge in [0.1, 0.15) is 18.0 Å². The van der Waals surface area contributed by atoms with Gasteiger partial charge in [0.25, 0.3) is 5.91 Å². The van der Waals surface area contributed by atoms with Gasteiger partial charge >= 0.3 is 6.09 Å². The Morgan fingerprint density at radius 1 is 0.912 bits per heavy atom. The highest BCUT2D eigenvalue weighted by atomic mass is 35.5. The Kier molecular flexibility index (Phi) is 7.84. The molecule has 0 bridgehead atoms. The van der Waals surface area contributed by atoms with Crippen LogP contribution in [0.3, 0.4) is 0 Å². The number of carbonyl (C=O) groups is 2. The molecule has 0 saturated heterocycles. The molecule has 0 aliphatic carbocycles. The van der Waals surface area contributed by atoms with Crippen molar-refractivity contribution in [1.29, 1.82) is 0 Å². The van der Waals surface area contributed by atoms with E-state index >= 15 is 0 Å². The second-order valence-corrected chi connectivity index (χ2v) is 9.39. The van der Waals surface area contributed by atoms with Crippen molar-refractivity contribution < 1.29 is 19.1 Å². The predicted molar refractivity (Wildman–Crippen MR) is 136 cm³/mol. The molecule has 0 saturated carbocycles. The lowest BCUT2D eigenvalue weighted by Gasteiger charge is -2.20. The highest BCUT2D eigenvalue weighted by Crippen LogP contribution is 2.29. The van der Waals surface area contributed by atoms with Crippen LogP contribution in [0.25, 0.3) is 0 Å². The van der Waals surface area contributed by atoms with Gasteiger partial charge in [-0.05, 0) is 81.6 Å². The highest BCUT2D eigenvalue weighted by Gasteiger charge is 2.18. The molecule has 3 rings (SSSR count). The number of ether oxygens (including phenoxy) is 2. The monoisotopic (exact) mass is 480 g/mol. The predicted octanol–water partition coefficient (Wildman–Crippen LogP) is 7.14. The zero-order chi connectivity index (χ0) is 24.9. The van der Waals surface area contributed by atoms with Crippen LogP contribution in [-0.2, 0) is 11.3 Å². The summed E-state index contributed by atoms with van der Waals surface area (Å²) in [5, 5.41) is 5.83. The van der Waals surface area contributed by atoms with E-state index in [9.17, 15) is 9.59 Å². The van der Waals surface area contributed by atoms with Crippen LogP contribution in [0, 0.1) is 13.8 Å². The van der Waals surface area contributed by atoms with Gasteiger partial charge in [0, 0.05) is 11.4 Å². The molecule has 178 valence electrons. The normalized spacial score (nSPS) is 11.0. The smallest absolute Gasteiger partial charge is 0.412 e. The summed E-state index contributed by atoms with van der Waals surface area (Å²) in [7, 11) is 0. The first kappa shape index (κ1) is 25.1. The maximum Gasteiger partial charge on any atom is 0.412 e. The summed E-state index contributed by atoms with van der Waals surface area (Å²) >= 11 is 6.28. The lowest BCUT2D eigenvalue weighted by atomic mass is 10.1. The van der Waals surface area contributed by atoms with Crippen molar-refractivity contribution in [3.05, 3.63) is 87.9 Å². The first-order chi connectivity index (χ1) is 16.0. The number of halogens is 1. The van der Waals surface area contributed by atoms with Crippen molar-refractivity contribution in [1.82, 2.24) is 0 Å². The molecule has 0 aliphatic heterocycles. The van der Waals surface area contributed by atoms with E-state index in [1.807, 2.05) is 56.3 Å². The molecule has 3 aromatic carbocycles. The Morgan fingerprint density at radius 2 is 1.56 bits per heavy atom. The van der Waals surface area contributed by atoms with E-state index in [4.69, 9.17) is 21.1 Å². The number of benzene rings is 3. The molecule has 0 heterocycles. The van der Waals surface area contributed by atoms with E-state index in [-0.39, 0.29) is 16.5 Å². The zero-order valence-corrected chi connectivity index (χ0v) is 20.7. The fourth-order valence-corrected chi connectivity index (χ4v) is 3.53. The van der Waals surface area contributed by atoms with Crippen molar-refractivity contribution in [3.8, 4) is 5.75 Å². The van der Waals surface area contributed by atoms with E-state index in [1.54, 1.807) is 32.9 Å². The summed E-state index contributed by atoms with van der Waals surface area (Å²) < 4.78 is 11.2. The zero-order valence-electron chi connectivity index (χ0n) is 20.0. The van der Waals surface area contributed by atoms with Gasteiger partial charge in [0.15, 0.2) is 0 Å². The second kappa shape index (κ2) is 10.6. The second-order valence-electron chi connectivity index (χ2n) is 8.98. The fourth-order valence-electron chi connectivity index (χ4n) is 3.32. The average molecular weight is 481 g/mol. The number of aryl methyl sites for hydroxylation is 2. The summed E-state index contributed by atoms with van der Waals surface area (Å²) in [6, 6.07) is 18.4. The van der Waals surface area contributed by atoms with Gasteiger partial charge in [-0.1, -0.05) is 41.9 Å². The molecule has 2 amide bonds. The van der Waals surface area contributed by atoms with E-state index < -0.39 is 11.7 Å². The number of anilines is 2. The van der Waals surface area contributed by atoms with Crippen LogP contribution in [0.2, 0.25) is 5.02 Å². The highest BCUT2D eigenvalue weighted by molar-refractivity contribution is 6.34. The standard InChI is InChI=1S/C27H29ClN2O4/c1-17-13-21(33-16-19-9-7-6-8-10-19)14-18(2)24(17)30-25(31)22-15-20(11-12-23(22)28)29-26(32)34-27(3,4)5/h6-15H,16H2,1-5H3,(H,29,32)(H,30,31). The van der Waals surface area contributed by atoms with Gasteiger partial charge in [-0.3, -0.25) is 10.1 Å². The first-order valence-corrected chi connectivity index (χ1v) is 11.3. The average Bonchev–Trinajstić information content (AvgIpc) is 2.75. The lowest BCUT2D eigenvalue weighted by Crippen LogP contribution is -2.27. The number of carbonyl (C=O) groups excluding carboxylic acids is 2. The Bertz CT molecular complexity index is 1160. The quantitative estimate of drug-likeness (QED) is 0.393. The molecule has 6 nitrogen and oxygen atoms in total. The Morgan fingerprint density at radius 3 is 2.18 bits per heavy atom. The van der Waals surface area contributed by atoms with Crippen LogP contribution in [0.4, 0.5) is 16.2 Å². The van der Waals surface area contributed by atoms with Gasteiger partial charge < -0.3 is 14.8 Å². The van der Waals surface area contributed by atoms with Crippen LogP contribution >= 0.6 is 11.6 Å². The van der Waals surface area contributed by atoms with Crippen LogP contribution in [0.1, 0.15) is 47.8 Å². The molecule has 0 atom stereocenters. The molecule has 0 spiro atoms. The van der Waals surface area contributed by atoms with E-state index in [0.29, 0.717) is 18.0 Å². The minimum atomic E-state index is -0.636. The Hall–Kier alpha value is -3.51.